The highest BCUT2D eigenvalue weighted by Gasteiger charge is 2.71. The summed E-state index contributed by atoms with van der Waals surface area (Å²) in [5, 5.41) is 15.6. The number of nitrogens with zero attached hydrogens (tertiary/aromatic N) is 1. The van der Waals surface area contributed by atoms with E-state index in [4.69, 9.17) is 4.99 Å². The van der Waals surface area contributed by atoms with E-state index < -0.39 is 11.0 Å². The molecule has 3 atom stereocenters. The second-order valence-corrected chi connectivity index (χ2v) is 11.3. The number of aliphatic imine (C=N–C) groups is 1. The predicted molar refractivity (Wildman–Crippen MR) is 149 cm³/mol. The fourth-order valence-electron chi connectivity index (χ4n) is 7.66. The van der Waals surface area contributed by atoms with Crippen LogP contribution < -0.4 is 0 Å². The normalized spacial score (nSPS) is 24.9. The molecule has 2 fully saturated rings. The zero-order chi connectivity index (χ0) is 25.0. The lowest BCUT2D eigenvalue weighted by atomic mass is 9.55. The van der Waals surface area contributed by atoms with Gasteiger partial charge in [-0.15, -0.1) is 0 Å². The lowest BCUT2D eigenvalue weighted by Crippen LogP contribution is -2.55. The molecule has 2 heteroatoms. The van der Waals surface area contributed by atoms with Crippen LogP contribution in [-0.4, -0.2) is 10.8 Å². The van der Waals surface area contributed by atoms with E-state index in [1.165, 1.54) is 22.0 Å². The monoisotopic (exact) mass is 473 g/mol. The largest absolute Gasteiger partial charge is 0.379 e. The van der Waals surface area contributed by atoms with E-state index >= 15 is 0 Å². The first-order valence-corrected chi connectivity index (χ1v) is 13.3. The van der Waals surface area contributed by atoms with E-state index in [0.29, 0.717) is 5.92 Å². The smallest absolute Gasteiger partial charge is 0.126 e. The highest BCUT2D eigenvalue weighted by atomic mass is 16.3. The van der Waals surface area contributed by atoms with Gasteiger partial charge in [0.1, 0.15) is 5.60 Å². The van der Waals surface area contributed by atoms with Crippen LogP contribution in [0.15, 0.2) is 108 Å². The van der Waals surface area contributed by atoms with Crippen LogP contribution in [0.4, 0.5) is 0 Å². The number of rotatable bonds is 5. The fraction of sp³-hybridized carbons (Fsp3) is 0.324. The first-order chi connectivity index (χ1) is 17.4. The van der Waals surface area contributed by atoms with Crippen LogP contribution in [0.25, 0.3) is 10.8 Å². The first kappa shape index (κ1) is 23.2. The van der Waals surface area contributed by atoms with Crippen molar-refractivity contribution in [1.82, 2.24) is 0 Å². The number of fused-ring (bicyclic) bond motifs is 3. The molecule has 0 radical (unpaired) electrons. The molecule has 2 aliphatic rings. The Labute approximate surface area is 214 Å². The van der Waals surface area contributed by atoms with Crippen LogP contribution >= 0.6 is 0 Å². The van der Waals surface area contributed by atoms with E-state index in [-0.39, 0.29) is 11.5 Å². The van der Waals surface area contributed by atoms with Crippen LogP contribution in [0.5, 0.6) is 0 Å². The standard InChI is InChI=1S/C34H35NO/c1-24(29-20-12-14-25-13-10-11-19-30(25)29)35-31-23-28-21-22-33(31,32(28,2)3)34(36,26-15-6-4-7-16-26)27-17-8-5-9-18-27/h4-20,24,28,36H,21-23H2,1-3H3/t24-,28+,33-/m0/s1. The van der Waals surface area contributed by atoms with Gasteiger partial charge in [0.25, 0.3) is 0 Å². The summed E-state index contributed by atoms with van der Waals surface area (Å²) >= 11 is 0. The predicted octanol–water partition coefficient (Wildman–Crippen LogP) is 8.10. The van der Waals surface area contributed by atoms with Gasteiger partial charge in [0.05, 0.1) is 11.5 Å². The van der Waals surface area contributed by atoms with Crippen molar-refractivity contribution < 1.29 is 5.11 Å². The second-order valence-electron chi connectivity index (χ2n) is 11.3. The fourth-order valence-corrected chi connectivity index (χ4v) is 7.66. The van der Waals surface area contributed by atoms with Gasteiger partial charge in [-0.25, -0.2) is 0 Å². The third-order valence-electron chi connectivity index (χ3n) is 9.54. The van der Waals surface area contributed by atoms with Crippen molar-refractivity contribution >= 4 is 16.5 Å². The molecule has 182 valence electrons. The Balaban J connectivity index is 1.57. The van der Waals surface area contributed by atoms with Gasteiger partial charge in [-0.05, 0) is 65.0 Å². The average molecular weight is 474 g/mol. The van der Waals surface area contributed by atoms with Crippen molar-refractivity contribution in [2.45, 2.75) is 51.7 Å². The van der Waals surface area contributed by atoms with Gasteiger partial charge in [-0.2, -0.15) is 0 Å². The number of hydrogen-bond donors (Lipinski definition) is 1. The molecule has 0 aliphatic heterocycles. The maximum Gasteiger partial charge on any atom is 0.126 e. The minimum atomic E-state index is -1.17. The molecule has 0 saturated heterocycles. The lowest BCUT2D eigenvalue weighted by molar-refractivity contribution is -0.0632. The Kier molecular flexibility index (Phi) is 5.42. The van der Waals surface area contributed by atoms with Crippen LogP contribution in [0, 0.1) is 16.7 Å². The van der Waals surface area contributed by atoms with Gasteiger partial charge in [0.15, 0.2) is 0 Å². The third kappa shape index (κ3) is 3.10. The highest BCUT2D eigenvalue weighted by Crippen LogP contribution is 2.71. The van der Waals surface area contributed by atoms with E-state index in [1.807, 2.05) is 36.4 Å². The van der Waals surface area contributed by atoms with Crippen LogP contribution in [0.1, 0.15) is 62.8 Å². The zero-order valence-electron chi connectivity index (χ0n) is 21.5. The summed E-state index contributed by atoms with van der Waals surface area (Å²) < 4.78 is 0. The van der Waals surface area contributed by atoms with Crippen molar-refractivity contribution in [3.63, 3.8) is 0 Å². The summed E-state index contributed by atoms with van der Waals surface area (Å²) in [6.07, 6.45) is 3.01. The Morgan fingerprint density at radius 1 is 0.806 bits per heavy atom. The Hall–Kier alpha value is -3.23. The van der Waals surface area contributed by atoms with Gasteiger partial charge < -0.3 is 5.11 Å². The third-order valence-corrected chi connectivity index (χ3v) is 9.54. The summed E-state index contributed by atoms with van der Waals surface area (Å²) in [6, 6.07) is 35.7. The summed E-state index contributed by atoms with van der Waals surface area (Å²) in [7, 11) is 0. The van der Waals surface area contributed by atoms with Crippen LogP contribution in [-0.2, 0) is 5.60 Å². The molecular formula is C34H35NO. The molecular weight excluding hydrogens is 438 g/mol. The molecule has 2 saturated carbocycles. The summed E-state index contributed by atoms with van der Waals surface area (Å²) in [5.41, 5.74) is 2.60. The van der Waals surface area contributed by atoms with Crippen molar-refractivity contribution in [1.29, 1.82) is 0 Å². The average Bonchev–Trinajstić information content (AvgIpc) is 3.30. The Morgan fingerprint density at radius 3 is 2.03 bits per heavy atom. The van der Waals surface area contributed by atoms with Crippen molar-refractivity contribution in [2.24, 2.45) is 21.7 Å². The lowest BCUT2D eigenvalue weighted by Gasteiger charge is -2.51. The van der Waals surface area contributed by atoms with Crippen LogP contribution in [0.2, 0.25) is 0 Å². The van der Waals surface area contributed by atoms with Gasteiger partial charge in [-0.3, -0.25) is 4.99 Å². The second kappa shape index (κ2) is 8.42. The van der Waals surface area contributed by atoms with Gasteiger partial charge in [0.2, 0.25) is 0 Å². The number of hydrogen-bond acceptors (Lipinski definition) is 2. The molecule has 0 amide bonds. The van der Waals surface area contributed by atoms with Gasteiger partial charge >= 0.3 is 0 Å². The molecule has 2 nitrogen and oxygen atoms in total. The highest BCUT2D eigenvalue weighted by molar-refractivity contribution is 5.97. The molecule has 0 spiro atoms. The van der Waals surface area contributed by atoms with Crippen LogP contribution in [0.3, 0.4) is 0 Å². The molecule has 1 N–H and O–H groups in total. The minimum absolute atomic E-state index is 0.00826. The maximum atomic E-state index is 13.1. The Morgan fingerprint density at radius 2 is 1.39 bits per heavy atom. The maximum absolute atomic E-state index is 13.1. The van der Waals surface area contributed by atoms with E-state index in [1.54, 1.807) is 0 Å². The van der Waals surface area contributed by atoms with E-state index in [2.05, 4.69) is 87.5 Å². The molecule has 6 rings (SSSR count). The summed E-state index contributed by atoms with van der Waals surface area (Å²) in [5.74, 6) is 0.509. The topological polar surface area (TPSA) is 32.6 Å². The molecule has 0 unspecified atom stereocenters. The molecule has 2 bridgehead atoms. The zero-order valence-corrected chi connectivity index (χ0v) is 21.5. The summed E-state index contributed by atoms with van der Waals surface area (Å²) in [4.78, 5) is 5.52. The van der Waals surface area contributed by atoms with Crippen molar-refractivity contribution in [3.05, 3.63) is 120 Å². The SMILES string of the molecule is C[C@H](N=C1C[C@H]2CC[C@@]1(C(O)(c1ccccc1)c1ccccc1)C2(C)C)c1cccc2ccccc12. The molecule has 36 heavy (non-hydrogen) atoms. The Bertz CT molecular complexity index is 1380. The minimum Gasteiger partial charge on any atom is -0.379 e. The molecule has 4 aromatic carbocycles. The molecule has 4 aromatic rings. The van der Waals surface area contributed by atoms with Gasteiger partial charge in [-0.1, -0.05) is 117 Å². The summed E-state index contributed by atoms with van der Waals surface area (Å²) in [6.45, 7) is 6.95. The molecule has 2 aliphatic carbocycles. The number of aliphatic hydroxyl groups is 1. The van der Waals surface area contributed by atoms with E-state index in [0.717, 1.165) is 30.4 Å². The quantitative estimate of drug-likeness (QED) is 0.312. The van der Waals surface area contributed by atoms with Crippen molar-refractivity contribution in [3.8, 4) is 0 Å². The van der Waals surface area contributed by atoms with E-state index in [9.17, 15) is 5.11 Å². The van der Waals surface area contributed by atoms with Gasteiger partial charge in [0, 0.05) is 5.71 Å². The van der Waals surface area contributed by atoms with Crippen molar-refractivity contribution in [2.75, 3.05) is 0 Å². The molecule has 0 heterocycles. The first-order valence-electron chi connectivity index (χ1n) is 13.3. The number of benzene rings is 4. The molecule has 0 aromatic heterocycles.